The van der Waals surface area contributed by atoms with E-state index >= 15 is 0 Å². The first-order valence-electron chi connectivity index (χ1n) is 19.3. The van der Waals surface area contributed by atoms with Crippen LogP contribution >= 0.6 is 0 Å². The SMILES string of the molecule is CC(NC(=O)CN1CCN(C(=O)OCc2ccccc2)CCN(CC(=O)NC(C)c2ccccc2)CCN(C(=O)OCc2ccccc2)CC1)c1ccccc1. The molecule has 0 aromatic heterocycles. The third kappa shape index (κ3) is 13.8. The van der Waals surface area contributed by atoms with E-state index in [1.54, 1.807) is 9.80 Å². The maximum Gasteiger partial charge on any atom is 0.410 e. The second kappa shape index (κ2) is 22.0. The van der Waals surface area contributed by atoms with Gasteiger partial charge in [-0.1, -0.05) is 121 Å². The van der Waals surface area contributed by atoms with Crippen molar-refractivity contribution in [3.8, 4) is 0 Å². The molecule has 0 radical (unpaired) electrons. The number of ether oxygens (including phenoxy) is 2. The van der Waals surface area contributed by atoms with Crippen LogP contribution in [0.2, 0.25) is 0 Å². The molecule has 4 aromatic rings. The molecule has 1 heterocycles. The van der Waals surface area contributed by atoms with E-state index in [1.807, 2.05) is 145 Å². The number of carbonyl (C=O) groups is 4. The van der Waals surface area contributed by atoms with Crippen LogP contribution < -0.4 is 10.6 Å². The van der Waals surface area contributed by atoms with Crippen molar-refractivity contribution in [2.75, 3.05) is 65.4 Å². The number of amides is 4. The number of hydrogen-bond donors (Lipinski definition) is 2. The van der Waals surface area contributed by atoms with Gasteiger partial charge in [0.15, 0.2) is 0 Å². The highest BCUT2D eigenvalue weighted by molar-refractivity contribution is 5.79. The number of hydrogen-bond acceptors (Lipinski definition) is 8. The normalized spacial score (nSPS) is 15.7. The molecule has 2 N–H and O–H groups in total. The highest BCUT2D eigenvalue weighted by atomic mass is 16.6. The number of benzene rings is 4. The van der Waals surface area contributed by atoms with Crippen molar-refractivity contribution in [2.24, 2.45) is 0 Å². The molecular formula is C44H54N6O6. The van der Waals surface area contributed by atoms with Gasteiger partial charge >= 0.3 is 12.2 Å². The molecular weight excluding hydrogens is 709 g/mol. The first-order valence-corrected chi connectivity index (χ1v) is 19.3. The Bertz CT molecular complexity index is 1650. The minimum Gasteiger partial charge on any atom is -0.445 e. The summed E-state index contributed by atoms with van der Waals surface area (Å²) in [6.07, 6.45) is -0.970. The van der Waals surface area contributed by atoms with Gasteiger partial charge in [-0.05, 0) is 36.1 Å². The maximum absolute atomic E-state index is 13.6. The molecule has 0 spiro atoms. The predicted octanol–water partition coefficient (Wildman–Crippen LogP) is 5.64. The van der Waals surface area contributed by atoms with Crippen molar-refractivity contribution in [3.05, 3.63) is 144 Å². The Morgan fingerprint density at radius 2 is 0.786 bits per heavy atom. The smallest absolute Gasteiger partial charge is 0.410 e. The van der Waals surface area contributed by atoms with E-state index in [0.717, 1.165) is 22.3 Å². The molecule has 296 valence electrons. The van der Waals surface area contributed by atoms with Gasteiger partial charge in [-0.3, -0.25) is 19.4 Å². The van der Waals surface area contributed by atoms with Gasteiger partial charge in [-0.25, -0.2) is 9.59 Å². The van der Waals surface area contributed by atoms with Crippen LogP contribution in [0.5, 0.6) is 0 Å². The quantitative estimate of drug-likeness (QED) is 0.190. The lowest BCUT2D eigenvalue weighted by Gasteiger charge is -2.33. The van der Waals surface area contributed by atoms with Crippen molar-refractivity contribution >= 4 is 24.0 Å². The zero-order chi connectivity index (χ0) is 39.5. The van der Waals surface area contributed by atoms with E-state index < -0.39 is 12.2 Å². The average molecular weight is 763 g/mol. The van der Waals surface area contributed by atoms with Gasteiger partial charge < -0.3 is 29.9 Å². The minimum atomic E-state index is -0.485. The second-order valence-electron chi connectivity index (χ2n) is 14.0. The van der Waals surface area contributed by atoms with E-state index in [4.69, 9.17) is 9.47 Å². The Balaban J connectivity index is 1.32. The van der Waals surface area contributed by atoms with Crippen LogP contribution in [-0.4, -0.2) is 109 Å². The standard InChI is InChI=1S/C44H54N6O6/c1-35(39-19-11-5-12-20-39)45-41(51)31-47-23-27-49(43(53)55-33-37-15-7-3-8-16-37)29-25-48(32-42(52)46-36(2)40-21-13-6-14-22-40)26-30-50(28-24-47)44(54)56-34-38-17-9-4-10-18-38/h3-22,35-36H,23-34H2,1-2H3,(H,45,51)(H,46,52). The molecule has 4 aromatic carbocycles. The van der Waals surface area contributed by atoms with Gasteiger partial charge in [0.05, 0.1) is 25.2 Å². The first kappa shape index (κ1) is 41.4. The summed E-state index contributed by atoms with van der Waals surface area (Å²) < 4.78 is 11.5. The molecule has 5 rings (SSSR count). The van der Waals surface area contributed by atoms with E-state index in [1.165, 1.54) is 0 Å². The molecule has 56 heavy (non-hydrogen) atoms. The lowest BCUT2D eigenvalue weighted by atomic mass is 10.1. The van der Waals surface area contributed by atoms with Crippen molar-refractivity contribution in [3.63, 3.8) is 0 Å². The molecule has 4 amide bonds. The first-order chi connectivity index (χ1) is 27.2. The summed E-state index contributed by atoms with van der Waals surface area (Å²) in [5.74, 6) is -0.349. The fourth-order valence-corrected chi connectivity index (χ4v) is 6.43. The highest BCUT2D eigenvalue weighted by Gasteiger charge is 2.25. The Labute approximate surface area is 330 Å². The van der Waals surface area contributed by atoms with E-state index in [-0.39, 0.29) is 76.4 Å². The van der Waals surface area contributed by atoms with E-state index in [9.17, 15) is 19.2 Å². The van der Waals surface area contributed by atoms with Crippen LogP contribution in [0.1, 0.15) is 48.2 Å². The largest absolute Gasteiger partial charge is 0.445 e. The van der Waals surface area contributed by atoms with Gasteiger partial charge in [0, 0.05) is 52.4 Å². The lowest BCUT2D eigenvalue weighted by molar-refractivity contribution is -0.123. The molecule has 1 aliphatic heterocycles. The molecule has 1 saturated heterocycles. The summed E-state index contributed by atoms with van der Waals surface area (Å²) in [5, 5.41) is 6.17. The van der Waals surface area contributed by atoms with Crippen molar-refractivity contribution in [2.45, 2.75) is 39.1 Å². The fourth-order valence-electron chi connectivity index (χ4n) is 6.43. The Morgan fingerprint density at radius 1 is 0.482 bits per heavy atom. The summed E-state index contributed by atoms with van der Waals surface area (Å²) in [7, 11) is 0. The third-order valence-corrected chi connectivity index (χ3v) is 9.76. The van der Waals surface area contributed by atoms with Crippen LogP contribution in [0.3, 0.4) is 0 Å². The average Bonchev–Trinajstić information content (AvgIpc) is 3.22. The molecule has 0 saturated carbocycles. The lowest BCUT2D eigenvalue weighted by Crippen LogP contribution is -2.51. The molecule has 0 bridgehead atoms. The zero-order valence-electron chi connectivity index (χ0n) is 32.4. The molecule has 12 nitrogen and oxygen atoms in total. The van der Waals surface area contributed by atoms with Gasteiger partial charge in [0.2, 0.25) is 11.8 Å². The summed E-state index contributed by atoms with van der Waals surface area (Å²) in [6, 6.07) is 38.0. The maximum atomic E-state index is 13.6. The summed E-state index contributed by atoms with van der Waals surface area (Å²) >= 11 is 0. The van der Waals surface area contributed by atoms with Gasteiger partial charge in [0.25, 0.3) is 0 Å². The molecule has 12 heteroatoms. The number of rotatable bonds is 12. The topological polar surface area (TPSA) is 124 Å². The molecule has 2 unspecified atom stereocenters. The summed E-state index contributed by atoms with van der Waals surface area (Å²) in [5.41, 5.74) is 3.71. The van der Waals surface area contributed by atoms with Crippen molar-refractivity contribution in [1.29, 1.82) is 0 Å². The molecule has 0 aliphatic carbocycles. The van der Waals surface area contributed by atoms with Crippen LogP contribution in [0.4, 0.5) is 9.59 Å². The molecule has 2 atom stereocenters. The van der Waals surface area contributed by atoms with Crippen LogP contribution in [0, 0.1) is 0 Å². The van der Waals surface area contributed by atoms with Gasteiger partial charge in [0.1, 0.15) is 13.2 Å². The van der Waals surface area contributed by atoms with Gasteiger partial charge in [-0.15, -0.1) is 0 Å². The number of nitrogens with one attached hydrogen (secondary N) is 2. The van der Waals surface area contributed by atoms with Crippen molar-refractivity contribution < 1.29 is 28.7 Å². The fraction of sp³-hybridized carbons (Fsp3) is 0.364. The van der Waals surface area contributed by atoms with Crippen molar-refractivity contribution in [1.82, 2.24) is 30.2 Å². The van der Waals surface area contributed by atoms with Gasteiger partial charge in [-0.2, -0.15) is 0 Å². The second-order valence-corrected chi connectivity index (χ2v) is 14.0. The number of carbonyl (C=O) groups excluding carboxylic acids is 4. The number of nitrogens with zero attached hydrogens (tertiary/aromatic N) is 4. The van der Waals surface area contributed by atoms with Crippen LogP contribution in [0.25, 0.3) is 0 Å². The van der Waals surface area contributed by atoms with E-state index in [2.05, 4.69) is 10.6 Å². The highest BCUT2D eigenvalue weighted by Crippen LogP contribution is 2.13. The predicted molar refractivity (Wildman–Crippen MR) is 215 cm³/mol. The van der Waals surface area contributed by atoms with E-state index in [0.29, 0.717) is 26.2 Å². The molecule has 1 fully saturated rings. The summed E-state index contributed by atoms with van der Waals surface area (Å²) in [6.45, 7) is 6.64. The Hall–Kier alpha value is -5.72. The Morgan fingerprint density at radius 3 is 1.11 bits per heavy atom. The molecule has 1 aliphatic rings. The zero-order valence-corrected chi connectivity index (χ0v) is 32.4. The van der Waals surface area contributed by atoms with Crippen LogP contribution in [0.15, 0.2) is 121 Å². The van der Waals surface area contributed by atoms with Crippen LogP contribution in [-0.2, 0) is 32.3 Å². The summed E-state index contributed by atoms with van der Waals surface area (Å²) in [4.78, 5) is 61.2. The Kier molecular flexibility index (Phi) is 16.3. The monoisotopic (exact) mass is 762 g/mol. The minimum absolute atomic E-state index is 0.0584. The third-order valence-electron chi connectivity index (χ3n) is 9.76.